The standard InChI is InChI=1S/C43H55N7O9.C3H6O2/c51-38(44-25-11-9-17-37(42(57)58)49-43(59)45-27-40(53)54)19-3-1-2-4-20-39(52)48-36(41(55)56)18-10-12-26-50(28-32-23-21-30-13-5-7-15-34(30)46-32)29-33-24-22-31-14-6-8-16-35(31)47-33;1-2-3(4)5/h5-8,13-16,21-24,36-37H,1-4,9-12,17-20,25-29H2,(H,44,51)(H,48,52)(H,53,54)(H,55,56)(H,57,58)(H2,45,49,59);2H2,1H3,(H,4,5). The number of carbonyl (C=O) groups is 7. The van der Waals surface area contributed by atoms with Crippen LogP contribution in [0.2, 0.25) is 0 Å². The molecule has 2 aromatic carbocycles. The third kappa shape index (κ3) is 20.9. The second-order valence-electron chi connectivity index (χ2n) is 15.3. The zero-order chi connectivity index (χ0) is 46.7. The van der Waals surface area contributed by atoms with Gasteiger partial charge in [-0.25, -0.2) is 14.4 Å². The molecular weight excluding hydrogens is 827 g/mol. The molecule has 4 amide bonds. The topological polar surface area (TPSA) is 278 Å². The number of benzene rings is 2. The maximum Gasteiger partial charge on any atom is 0.326 e. The van der Waals surface area contributed by atoms with Gasteiger partial charge in [0.2, 0.25) is 11.8 Å². The summed E-state index contributed by atoms with van der Waals surface area (Å²) in [5.41, 5.74) is 3.72. The van der Waals surface area contributed by atoms with Gasteiger partial charge >= 0.3 is 29.9 Å². The van der Waals surface area contributed by atoms with Gasteiger partial charge in [0.05, 0.1) is 22.4 Å². The Morgan fingerprint density at radius 2 is 1.06 bits per heavy atom. The number of nitrogens with one attached hydrogen (secondary N) is 4. The fraction of sp³-hybridized carbons (Fsp3) is 0.457. The largest absolute Gasteiger partial charge is 0.481 e. The van der Waals surface area contributed by atoms with Gasteiger partial charge in [0.15, 0.2) is 0 Å². The van der Waals surface area contributed by atoms with E-state index >= 15 is 0 Å². The quantitative estimate of drug-likeness (QED) is 0.0329. The van der Waals surface area contributed by atoms with E-state index < -0.39 is 48.5 Å². The van der Waals surface area contributed by atoms with E-state index in [1.165, 1.54) is 0 Å². The first-order valence-electron chi connectivity index (χ1n) is 21.6. The van der Waals surface area contributed by atoms with Crippen molar-refractivity contribution in [1.82, 2.24) is 36.1 Å². The lowest BCUT2D eigenvalue weighted by atomic mass is 10.1. The first-order chi connectivity index (χ1) is 30.7. The summed E-state index contributed by atoms with van der Waals surface area (Å²) in [6.45, 7) is 3.19. The number of hydrogen-bond donors (Lipinski definition) is 8. The van der Waals surface area contributed by atoms with Crippen molar-refractivity contribution in [3.8, 4) is 0 Å². The Morgan fingerprint density at radius 1 is 0.562 bits per heavy atom. The van der Waals surface area contributed by atoms with Crippen LogP contribution < -0.4 is 21.3 Å². The molecule has 2 atom stereocenters. The van der Waals surface area contributed by atoms with Crippen LogP contribution in [-0.2, 0) is 41.9 Å². The Hall–Kier alpha value is -6.69. The van der Waals surface area contributed by atoms with Crippen molar-refractivity contribution in [2.75, 3.05) is 19.6 Å². The number of urea groups is 1. The number of carbonyl (C=O) groups excluding carboxylic acids is 3. The monoisotopic (exact) mass is 887 g/mol. The van der Waals surface area contributed by atoms with E-state index in [9.17, 15) is 43.8 Å². The van der Waals surface area contributed by atoms with E-state index in [1.807, 2.05) is 66.0 Å². The summed E-state index contributed by atoms with van der Waals surface area (Å²) in [6, 6.07) is 21.1. The van der Waals surface area contributed by atoms with E-state index in [-0.39, 0.29) is 31.1 Å². The molecule has 0 saturated heterocycles. The smallest absolute Gasteiger partial charge is 0.326 e. The van der Waals surface area contributed by atoms with Gasteiger partial charge in [0.25, 0.3) is 0 Å². The van der Waals surface area contributed by atoms with Gasteiger partial charge < -0.3 is 41.7 Å². The SMILES string of the molecule is CCC(=O)O.O=C(O)CNC(=O)NC(CCCCNC(=O)CCCCCCC(=O)NC(CCCCN(Cc1ccc2ccccc2n1)Cc1ccc2ccccc2n1)C(=O)O)C(=O)O. The zero-order valence-corrected chi connectivity index (χ0v) is 36.3. The Labute approximate surface area is 372 Å². The minimum absolute atomic E-state index is 0.113. The van der Waals surface area contributed by atoms with Gasteiger partial charge in [-0.15, -0.1) is 0 Å². The molecule has 0 bridgehead atoms. The van der Waals surface area contributed by atoms with Crippen LogP contribution in [0.25, 0.3) is 21.8 Å². The van der Waals surface area contributed by atoms with Gasteiger partial charge in [0, 0.05) is 49.7 Å². The van der Waals surface area contributed by atoms with Crippen molar-refractivity contribution in [2.24, 2.45) is 0 Å². The minimum Gasteiger partial charge on any atom is -0.481 e. The summed E-state index contributed by atoms with van der Waals surface area (Å²) < 4.78 is 0. The highest BCUT2D eigenvalue weighted by atomic mass is 16.4. The van der Waals surface area contributed by atoms with Crippen LogP contribution in [0.15, 0.2) is 72.8 Å². The molecular formula is C46H61N7O11. The molecule has 2 heterocycles. The Balaban J connectivity index is 0.00000206. The molecule has 0 spiro atoms. The number of aliphatic carboxylic acids is 4. The number of pyridine rings is 2. The number of nitrogens with zero attached hydrogens (tertiary/aromatic N) is 3. The van der Waals surface area contributed by atoms with Crippen molar-refractivity contribution in [3.05, 3.63) is 84.2 Å². The Bertz CT molecular complexity index is 2070. The number of carboxylic acids is 4. The molecule has 0 aliphatic rings. The molecule has 0 saturated carbocycles. The molecule has 18 heteroatoms. The molecule has 8 N–H and O–H groups in total. The average molecular weight is 888 g/mol. The lowest BCUT2D eigenvalue weighted by molar-refractivity contribution is -0.142. The van der Waals surface area contributed by atoms with Gasteiger partial charge in [-0.05, 0) is 82.2 Å². The lowest BCUT2D eigenvalue weighted by Crippen LogP contribution is -2.47. The summed E-state index contributed by atoms with van der Waals surface area (Å²) in [6.07, 6.45) is 5.95. The summed E-state index contributed by atoms with van der Waals surface area (Å²) in [5.74, 6) is -4.77. The first-order valence-corrected chi connectivity index (χ1v) is 21.6. The van der Waals surface area contributed by atoms with E-state index in [4.69, 9.17) is 20.2 Å². The highest BCUT2D eigenvalue weighted by Crippen LogP contribution is 2.18. The van der Waals surface area contributed by atoms with E-state index in [0.29, 0.717) is 84.0 Å². The van der Waals surface area contributed by atoms with Gasteiger partial charge in [-0.3, -0.25) is 34.0 Å². The summed E-state index contributed by atoms with van der Waals surface area (Å²) >= 11 is 0. The maximum atomic E-state index is 12.7. The molecule has 0 aliphatic heterocycles. The van der Waals surface area contributed by atoms with Crippen LogP contribution in [0, 0.1) is 0 Å². The second-order valence-corrected chi connectivity index (χ2v) is 15.3. The van der Waals surface area contributed by atoms with Gasteiger partial charge in [-0.1, -0.05) is 68.3 Å². The molecule has 4 rings (SSSR count). The normalized spacial score (nSPS) is 11.8. The number of aromatic nitrogens is 2. The first kappa shape index (κ1) is 51.7. The Kier molecular flexibility index (Phi) is 23.3. The zero-order valence-electron chi connectivity index (χ0n) is 36.3. The molecule has 346 valence electrons. The van der Waals surface area contributed by atoms with Crippen LogP contribution in [0.1, 0.15) is 102 Å². The molecule has 2 unspecified atom stereocenters. The van der Waals surface area contributed by atoms with Crippen molar-refractivity contribution in [1.29, 1.82) is 0 Å². The number of carboxylic acid groups (broad SMARTS) is 4. The molecule has 2 aromatic heterocycles. The fourth-order valence-electron chi connectivity index (χ4n) is 6.61. The van der Waals surface area contributed by atoms with Crippen LogP contribution in [-0.4, -0.2) is 109 Å². The molecule has 64 heavy (non-hydrogen) atoms. The van der Waals surface area contributed by atoms with E-state index in [1.54, 1.807) is 6.92 Å². The number of para-hydroxylation sites is 2. The van der Waals surface area contributed by atoms with Crippen LogP contribution in [0.5, 0.6) is 0 Å². The molecule has 4 aromatic rings. The van der Waals surface area contributed by atoms with Crippen molar-refractivity contribution < 1.29 is 54.0 Å². The van der Waals surface area contributed by atoms with Crippen LogP contribution in [0.3, 0.4) is 0 Å². The van der Waals surface area contributed by atoms with Crippen LogP contribution >= 0.6 is 0 Å². The van der Waals surface area contributed by atoms with Crippen molar-refractivity contribution in [3.63, 3.8) is 0 Å². The fourth-order valence-corrected chi connectivity index (χ4v) is 6.61. The molecule has 0 aliphatic carbocycles. The van der Waals surface area contributed by atoms with Crippen molar-refractivity contribution >= 4 is 63.5 Å². The number of rotatable bonds is 28. The number of fused-ring (bicyclic) bond motifs is 2. The average Bonchev–Trinajstić information content (AvgIpc) is 3.27. The number of hydrogen-bond acceptors (Lipinski definition) is 10. The van der Waals surface area contributed by atoms with Crippen LogP contribution in [0.4, 0.5) is 4.79 Å². The van der Waals surface area contributed by atoms with Gasteiger partial charge in [-0.2, -0.15) is 0 Å². The summed E-state index contributed by atoms with van der Waals surface area (Å²) in [5, 5.41) is 47.3. The van der Waals surface area contributed by atoms with Crippen molar-refractivity contribution in [2.45, 2.75) is 116 Å². The third-order valence-corrected chi connectivity index (χ3v) is 10.0. The summed E-state index contributed by atoms with van der Waals surface area (Å²) in [7, 11) is 0. The highest BCUT2D eigenvalue weighted by Gasteiger charge is 2.21. The predicted molar refractivity (Wildman–Crippen MR) is 239 cm³/mol. The van der Waals surface area contributed by atoms with Gasteiger partial charge in [0.1, 0.15) is 18.6 Å². The molecule has 18 nitrogen and oxygen atoms in total. The predicted octanol–water partition coefficient (Wildman–Crippen LogP) is 5.47. The second kappa shape index (κ2) is 28.8. The highest BCUT2D eigenvalue weighted by molar-refractivity contribution is 5.85. The summed E-state index contributed by atoms with van der Waals surface area (Å²) in [4.78, 5) is 91.8. The Morgan fingerprint density at radius 3 is 1.58 bits per heavy atom. The maximum absolute atomic E-state index is 12.7. The minimum atomic E-state index is -1.25. The van der Waals surface area contributed by atoms with E-state index in [0.717, 1.165) is 39.6 Å². The molecule has 0 radical (unpaired) electrons. The van der Waals surface area contributed by atoms with E-state index in [2.05, 4.69) is 33.0 Å². The molecule has 0 fully saturated rings. The third-order valence-electron chi connectivity index (χ3n) is 10.0. The lowest BCUT2D eigenvalue weighted by Gasteiger charge is -2.22. The number of unbranched alkanes of at least 4 members (excludes halogenated alkanes) is 5. The number of amides is 4.